The van der Waals surface area contributed by atoms with Crippen LogP contribution in [0.5, 0.6) is 0 Å². The summed E-state index contributed by atoms with van der Waals surface area (Å²) < 4.78 is 31.7. The molecule has 2 radical (unpaired) electrons. The molecule has 1 amide bonds. The van der Waals surface area contributed by atoms with Crippen LogP contribution in [0.3, 0.4) is 0 Å². The number of benzene rings is 1. The van der Waals surface area contributed by atoms with E-state index in [1.807, 2.05) is 0 Å². The number of carbonyl (C=O) groups is 2. The SMILES string of the molecule is Nc1ccc(N2N=C(C(=O)O)CC2=O)c(S(=O)(=O)O)c1.[Na].[Na]. The monoisotopic (exact) mass is 345 g/mol. The summed E-state index contributed by atoms with van der Waals surface area (Å²) in [6.07, 6.45) is -0.468. The number of hydrogen-bond donors (Lipinski definition) is 3. The van der Waals surface area contributed by atoms with Crippen molar-refractivity contribution in [3.05, 3.63) is 18.2 Å². The number of aliphatic carboxylic acids is 1. The number of nitrogens with two attached hydrogens (primary N) is 1. The molecule has 0 aliphatic carbocycles. The van der Waals surface area contributed by atoms with Gasteiger partial charge in [0, 0.05) is 64.8 Å². The molecule has 1 heterocycles. The fourth-order valence-electron chi connectivity index (χ4n) is 1.65. The standard InChI is InChI=1S/C10H9N3O6S.2Na/c11-5-1-2-7(8(3-5)20(17,18)19)13-9(14)4-6(12-13)10(15)16;;/h1-3H,4,11H2,(H,15,16)(H,17,18,19);;. The van der Waals surface area contributed by atoms with E-state index in [0.717, 1.165) is 12.1 Å². The second-order valence-corrected chi connectivity index (χ2v) is 5.33. The van der Waals surface area contributed by atoms with Crippen molar-refractivity contribution in [2.45, 2.75) is 11.3 Å². The molecule has 1 aromatic carbocycles. The number of carboxylic acids is 1. The molecule has 0 unspecified atom stereocenters. The van der Waals surface area contributed by atoms with Gasteiger partial charge in [0.2, 0.25) is 0 Å². The van der Waals surface area contributed by atoms with E-state index < -0.39 is 39.0 Å². The number of anilines is 2. The van der Waals surface area contributed by atoms with Gasteiger partial charge in [-0.3, -0.25) is 9.35 Å². The molecule has 0 bridgehead atoms. The van der Waals surface area contributed by atoms with Gasteiger partial charge in [0.25, 0.3) is 16.0 Å². The molecular formula is C10H9N3Na2O6S. The Morgan fingerprint density at radius 3 is 2.36 bits per heavy atom. The van der Waals surface area contributed by atoms with E-state index in [1.165, 1.54) is 6.07 Å². The quantitative estimate of drug-likeness (QED) is 0.358. The zero-order chi connectivity index (χ0) is 15.1. The van der Waals surface area contributed by atoms with Gasteiger partial charge < -0.3 is 10.8 Å². The van der Waals surface area contributed by atoms with E-state index in [1.54, 1.807) is 0 Å². The van der Waals surface area contributed by atoms with Gasteiger partial charge in [-0.2, -0.15) is 18.5 Å². The molecule has 0 saturated carbocycles. The topological polar surface area (TPSA) is 150 Å². The van der Waals surface area contributed by atoms with Crippen LogP contribution in [-0.4, -0.2) is 94.8 Å². The Balaban J connectivity index is 0.00000220. The molecule has 4 N–H and O–H groups in total. The summed E-state index contributed by atoms with van der Waals surface area (Å²) in [7, 11) is -4.65. The van der Waals surface area contributed by atoms with E-state index in [-0.39, 0.29) is 70.5 Å². The van der Waals surface area contributed by atoms with Crippen LogP contribution in [0.4, 0.5) is 11.4 Å². The molecule has 0 atom stereocenters. The number of carboxylic acid groups (broad SMARTS) is 1. The van der Waals surface area contributed by atoms with Crippen molar-refractivity contribution in [2.75, 3.05) is 10.7 Å². The summed E-state index contributed by atoms with van der Waals surface area (Å²) in [4.78, 5) is 21.8. The maximum atomic E-state index is 11.7. The zero-order valence-electron chi connectivity index (χ0n) is 11.8. The molecule has 0 saturated heterocycles. The Morgan fingerprint density at radius 2 is 1.91 bits per heavy atom. The normalized spacial score (nSPS) is 14.0. The van der Waals surface area contributed by atoms with Gasteiger partial charge in [0.15, 0.2) is 5.71 Å². The van der Waals surface area contributed by atoms with Crippen LogP contribution in [0.25, 0.3) is 0 Å². The maximum absolute atomic E-state index is 11.7. The van der Waals surface area contributed by atoms with Gasteiger partial charge >= 0.3 is 5.97 Å². The maximum Gasteiger partial charge on any atom is 0.352 e. The number of amides is 1. The van der Waals surface area contributed by atoms with Crippen LogP contribution in [0.15, 0.2) is 28.2 Å². The van der Waals surface area contributed by atoms with Gasteiger partial charge in [-0.15, -0.1) is 0 Å². The summed E-state index contributed by atoms with van der Waals surface area (Å²) in [6, 6.07) is 3.41. The van der Waals surface area contributed by atoms with Crippen molar-refractivity contribution in [2.24, 2.45) is 5.10 Å². The van der Waals surface area contributed by atoms with Gasteiger partial charge in [0.05, 0.1) is 12.1 Å². The van der Waals surface area contributed by atoms with E-state index in [9.17, 15) is 18.0 Å². The molecule has 1 aliphatic heterocycles. The van der Waals surface area contributed by atoms with Gasteiger partial charge in [-0.1, -0.05) is 0 Å². The Kier molecular flexibility index (Phi) is 7.72. The number of nitrogen functional groups attached to an aromatic ring is 1. The second kappa shape index (κ2) is 7.88. The predicted octanol–water partition coefficient (Wildman–Crippen LogP) is -1.07. The zero-order valence-corrected chi connectivity index (χ0v) is 16.7. The van der Waals surface area contributed by atoms with Crippen LogP contribution in [-0.2, 0) is 19.7 Å². The summed E-state index contributed by atoms with van der Waals surface area (Å²) in [5, 5.41) is 12.9. The van der Waals surface area contributed by atoms with Gasteiger partial charge in [-0.05, 0) is 18.2 Å². The first-order valence-electron chi connectivity index (χ1n) is 5.21. The van der Waals surface area contributed by atoms with Crippen LogP contribution in [0.2, 0.25) is 0 Å². The summed E-state index contributed by atoms with van der Waals surface area (Å²) in [5.41, 5.74) is 4.79. The predicted molar refractivity (Wildman–Crippen MR) is 79.4 cm³/mol. The Labute approximate surface area is 169 Å². The fraction of sp³-hybridized carbons (Fsp3) is 0.100. The first-order valence-corrected chi connectivity index (χ1v) is 6.65. The molecule has 1 aliphatic rings. The summed E-state index contributed by atoms with van der Waals surface area (Å²) in [6.45, 7) is 0. The molecule has 9 nitrogen and oxygen atoms in total. The van der Waals surface area contributed by atoms with Crippen LogP contribution < -0.4 is 10.7 Å². The molecule has 2 rings (SSSR count). The third-order valence-corrected chi connectivity index (χ3v) is 3.40. The van der Waals surface area contributed by atoms with Gasteiger partial charge in [0.1, 0.15) is 4.90 Å². The van der Waals surface area contributed by atoms with Crippen molar-refractivity contribution < 1.29 is 27.7 Å². The van der Waals surface area contributed by atoms with E-state index in [0.29, 0.717) is 5.01 Å². The Hall–Kier alpha value is -0.460. The molecule has 0 spiro atoms. The molecule has 0 aromatic heterocycles. The van der Waals surface area contributed by atoms with Crippen molar-refractivity contribution in [1.29, 1.82) is 0 Å². The smallest absolute Gasteiger partial charge is 0.352 e. The number of rotatable bonds is 3. The average Bonchev–Trinajstić information content (AvgIpc) is 2.70. The first-order chi connectivity index (χ1) is 9.20. The number of hydrazone groups is 1. The fourth-order valence-corrected chi connectivity index (χ4v) is 2.35. The van der Waals surface area contributed by atoms with Crippen molar-refractivity contribution >= 4 is 98.2 Å². The number of nitrogens with zero attached hydrogens (tertiary/aromatic N) is 2. The van der Waals surface area contributed by atoms with Crippen LogP contribution in [0.1, 0.15) is 6.42 Å². The summed E-state index contributed by atoms with van der Waals surface area (Å²) >= 11 is 0. The van der Waals surface area contributed by atoms with Crippen molar-refractivity contribution in [1.82, 2.24) is 0 Å². The Morgan fingerprint density at radius 1 is 1.32 bits per heavy atom. The second-order valence-electron chi connectivity index (χ2n) is 3.94. The van der Waals surface area contributed by atoms with Crippen molar-refractivity contribution in [3.8, 4) is 0 Å². The van der Waals surface area contributed by atoms with E-state index in [2.05, 4.69) is 5.10 Å². The molecule has 12 heteroatoms. The molecule has 108 valence electrons. The van der Waals surface area contributed by atoms with Crippen molar-refractivity contribution in [3.63, 3.8) is 0 Å². The number of hydrogen-bond acceptors (Lipinski definition) is 6. The minimum absolute atomic E-state index is 0. The minimum Gasteiger partial charge on any atom is -0.477 e. The molecule has 1 aromatic rings. The molecule has 0 fully saturated rings. The largest absolute Gasteiger partial charge is 0.477 e. The average molecular weight is 345 g/mol. The van der Waals surface area contributed by atoms with Crippen LogP contribution >= 0.6 is 0 Å². The molecular weight excluding hydrogens is 336 g/mol. The minimum atomic E-state index is -4.65. The third-order valence-electron chi connectivity index (χ3n) is 2.51. The van der Waals surface area contributed by atoms with Crippen LogP contribution in [0, 0.1) is 0 Å². The summed E-state index contributed by atoms with van der Waals surface area (Å²) in [5.74, 6) is -2.11. The Bertz CT molecular complexity index is 749. The van der Waals surface area contributed by atoms with E-state index in [4.69, 9.17) is 15.4 Å². The number of carbonyl (C=O) groups excluding carboxylic acids is 1. The first kappa shape index (κ1) is 21.5. The molecule has 22 heavy (non-hydrogen) atoms. The van der Waals surface area contributed by atoms with E-state index >= 15 is 0 Å². The van der Waals surface area contributed by atoms with Gasteiger partial charge in [-0.25, -0.2) is 4.79 Å². The third kappa shape index (κ3) is 4.52.